The van der Waals surface area contributed by atoms with Crippen molar-refractivity contribution in [1.29, 1.82) is 0 Å². The lowest BCUT2D eigenvalue weighted by atomic mass is 10.0. The van der Waals surface area contributed by atoms with Crippen LogP contribution in [0.2, 0.25) is 0 Å². The number of nitrogens with one attached hydrogen (secondary N) is 1. The lowest BCUT2D eigenvalue weighted by Crippen LogP contribution is -2.35. The summed E-state index contributed by atoms with van der Waals surface area (Å²) in [5.74, 6) is 0.669. The Morgan fingerprint density at radius 1 is 1.03 bits per heavy atom. The van der Waals surface area contributed by atoms with Crippen LogP contribution in [-0.4, -0.2) is 31.1 Å². The summed E-state index contributed by atoms with van der Waals surface area (Å²) in [4.78, 5) is 30.6. The third-order valence-electron chi connectivity index (χ3n) is 5.13. The zero-order valence-electron chi connectivity index (χ0n) is 17.9. The van der Waals surface area contributed by atoms with Crippen LogP contribution in [0.3, 0.4) is 0 Å². The lowest BCUT2D eigenvalue weighted by molar-refractivity contribution is -0.122. The summed E-state index contributed by atoms with van der Waals surface area (Å²) in [6.45, 7) is 5.75. The molecule has 0 radical (unpaired) electrons. The van der Waals surface area contributed by atoms with Crippen molar-refractivity contribution in [2.24, 2.45) is 0 Å². The predicted molar refractivity (Wildman–Crippen MR) is 120 cm³/mol. The number of aromatic nitrogens is 4. The molecule has 1 N–H and O–H groups in total. The standard InChI is InChI=1S/C24H25N5O2/c1-16(2)25-21(30)15-28-17(3)20(14-18-10-6-4-7-11-18)23(31)29-24(28)26-22(27-29)19-12-8-5-9-13-19/h4-13,16H,14-15H2,1-3H3,(H,25,30). The highest BCUT2D eigenvalue weighted by molar-refractivity contribution is 5.76. The number of hydrogen-bond acceptors (Lipinski definition) is 4. The molecule has 2 heterocycles. The first-order valence-corrected chi connectivity index (χ1v) is 10.3. The van der Waals surface area contributed by atoms with Gasteiger partial charge in [0.25, 0.3) is 5.56 Å². The molecule has 0 atom stereocenters. The zero-order valence-corrected chi connectivity index (χ0v) is 17.9. The first-order valence-electron chi connectivity index (χ1n) is 10.3. The van der Waals surface area contributed by atoms with Crippen LogP contribution < -0.4 is 10.9 Å². The molecular weight excluding hydrogens is 390 g/mol. The second-order valence-electron chi connectivity index (χ2n) is 7.85. The Bertz CT molecular complexity index is 1270. The van der Waals surface area contributed by atoms with Crippen molar-refractivity contribution in [3.8, 4) is 11.4 Å². The number of fused-ring (bicyclic) bond motifs is 1. The smallest absolute Gasteiger partial charge is 0.279 e. The van der Waals surface area contributed by atoms with Gasteiger partial charge in [0.05, 0.1) is 0 Å². The molecule has 0 unspecified atom stereocenters. The van der Waals surface area contributed by atoms with Crippen molar-refractivity contribution in [2.45, 2.75) is 39.8 Å². The summed E-state index contributed by atoms with van der Waals surface area (Å²) in [7, 11) is 0. The minimum atomic E-state index is -0.216. The van der Waals surface area contributed by atoms with E-state index >= 15 is 0 Å². The largest absolute Gasteiger partial charge is 0.352 e. The van der Waals surface area contributed by atoms with Gasteiger partial charge in [-0.25, -0.2) is 0 Å². The first kappa shape index (κ1) is 20.5. The third-order valence-corrected chi connectivity index (χ3v) is 5.13. The van der Waals surface area contributed by atoms with Crippen molar-refractivity contribution < 1.29 is 4.79 Å². The van der Waals surface area contributed by atoms with E-state index in [2.05, 4.69) is 15.4 Å². The number of carbonyl (C=O) groups excluding carboxylic acids is 1. The normalized spacial score (nSPS) is 11.2. The maximum Gasteiger partial charge on any atom is 0.279 e. The van der Waals surface area contributed by atoms with Gasteiger partial charge in [-0.05, 0) is 26.3 Å². The molecule has 1 amide bonds. The lowest BCUT2D eigenvalue weighted by Gasteiger charge is -2.16. The van der Waals surface area contributed by atoms with E-state index in [0.717, 1.165) is 11.1 Å². The van der Waals surface area contributed by atoms with Gasteiger partial charge in [-0.2, -0.15) is 9.50 Å². The summed E-state index contributed by atoms with van der Waals surface area (Å²) in [6, 6.07) is 19.3. The number of amides is 1. The highest BCUT2D eigenvalue weighted by atomic mass is 16.2. The Labute approximate surface area is 180 Å². The van der Waals surface area contributed by atoms with Gasteiger partial charge in [0.15, 0.2) is 5.82 Å². The summed E-state index contributed by atoms with van der Waals surface area (Å²) in [6.07, 6.45) is 0.452. The van der Waals surface area contributed by atoms with Crippen LogP contribution in [0.4, 0.5) is 0 Å². The number of benzene rings is 2. The van der Waals surface area contributed by atoms with Crippen LogP contribution in [0.5, 0.6) is 0 Å². The second kappa shape index (κ2) is 8.55. The average Bonchev–Trinajstić information content (AvgIpc) is 3.21. The Morgan fingerprint density at radius 3 is 2.32 bits per heavy atom. The fourth-order valence-corrected chi connectivity index (χ4v) is 3.62. The van der Waals surface area contributed by atoms with Crippen molar-refractivity contribution in [2.75, 3.05) is 0 Å². The first-order chi connectivity index (χ1) is 14.9. The van der Waals surface area contributed by atoms with Gasteiger partial charge in [0.2, 0.25) is 11.7 Å². The van der Waals surface area contributed by atoms with E-state index in [-0.39, 0.29) is 24.1 Å². The van der Waals surface area contributed by atoms with Crippen LogP contribution in [0.25, 0.3) is 17.2 Å². The van der Waals surface area contributed by atoms with Crippen LogP contribution in [0.15, 0.2) is 65.5 Å². The van der Waals surface area contributed by atoms with E-state index in [1.807, 2.05) is 81.4 Å². The third kappa shape index (κ3) is 4.26. The van der Waals surface area contributed by atoms with Gasteiger partial charge >= 0.3 is 0 Å². The maximum absolute atomic E-state index is 13.4. The van der Waals surface area contributed by atoms with Crippen LogP contribution >= 0.6 is 0 Å². The average molecular weight is 415 g/mol. The SMILES string of the molecule is Cc1c(Cc2ccccc2)c(=O)n2nc(-c3ccccc3)nc2n1CC(=O)NC(C)C. The molecule has 158 valence electrons. The van der Waals surface area contributed by atoms with E-state index in [1.165, 1.54) is 4.52 Å². The van der Waals surface area contributed by atoms with E-state index < -0.39 is 0 Å². The van der Waals surface area contributed by atoms with E-state index in [4.69, 9.17) is 0 Å². The van der Waals surface area contributed by atoms with Gasteiger partial charge in [0.1, 0.15) is 6.54 Å². The monoisotopic (exact) mass is 415 g/mol. The highest BCUT2D eigenvalue weighted by Gasteiger charge is 2.20. The molecule has 4 aromatic rings. The number of rotatable bonds is 6. The summed E-state index contributed by atoms with van der Waals surface area (Å²) in [5.41, 5.74) is 2.93. The Hall–Kier alpha value is -3.74. The fraction of sp³-hybridized carbons (Fsp3) is 0.250. The molecule has 2 aromatic heterocycles. The topological polar surface area (TPSA) is 81.3 Å². The van der Waals surface area contributed by atoms with Crippen molar-refractivity contribution in [3.05, 3.63) is 87.8 Å². The summed E-state index contributed by atoms with van der Waals surface area (Å²) >= 11 is 0. The van der Waals surface area contributed by atoms with Gasteiger partial charge in [0, 0.05) is 29.3 Å². The molecule has 2 aromatic carbocycles. The molecule has 0 fully saturated rings. The van der Waals surface area contributed by atoms with Crippen LogP contribution in [-0.2, 0) is 17.8 Å². The van der Waals surface area contributed by atoms with Crippen molar-refractivity contribution >= 4 is 11.7 Å². The van der Waals surface area contributed by atoms with E-state index in [0.29, 0.717) is 29.3 Å². The number of carbonyl (C=O) groups is 1. The van der Waals surface area contributed by atoms with Gasteiger partial charge < -0.3 is 9.88 Å². The Morgan fingerprint density at radius 2 is 1.68 bits per heavy atom. The predicted octanol–water partition coefficient (Wildman–Crippen LogP) is 2.98. The van der Waals surface area contributed by atoms with Gasteiger partial charge in [-0.15, -0.1) is 5.10 Å². The van der Waals surface area contributed by atoms with Crippen molar-refractivity contribution in [3.63, 3.8) is 0 Å². The minimum Gasteiger partial charge on any atom is -0.352 e. The molecule has 31 heavy (non-hydrogen) atoms. The molecule has 0 saturated heterocycles. The Balaban J connectivity index is 1.89. The minimum absolute atomic E-state index is 0.0183. The number of hydrogen-bond donors (Lipinski definition) is 1. The molecule has 0 aliphatic carbocycles. The second-order valence-corrected chi connectivity index (χ2v) is 7.85. The van der Waals surface area contributed by atoms with Gasteiger partial charge in [-0.1, -0.05) is 60.7 Å². The molecule has 0 saturated carbocycles. The van der Waals surface area contributed by atoms with E-state index in [9.17, 15) is 9.59 Å². The summed E-state index contributed by atoms with van der Waals surface area (Å²) in [5, 5.41) is 7.41. The summed E-state index contributed by atoms with van der Waals surface area (Å²) < 4.78 is 3.09. The van der Waals surface area contributed by atoms with E-state index in [1.54, 1.807) is 4.57 Å². The quantitative estimate of drug-likeness (QED) is 0.525. The van der Waals surface area contributed by atoms with Crippen molar-refractivity contribution in [1.82, 2.24) is 24.5 Å². The van der Waals surface area contributed by atoms with Gasteiger partial charge in [-0.3, -0.25) is 9.59 Å². The molecular formula is C24H25N5O2. The highest BCUT2D eigenvalue weighted by Crippen LogP contribution is 2.18. The molecule has 4 rings (SSSR count). The molecule has 0 aliphatic rings. The maximum atomic E-state index is 13.4. The zero-order chi connectivity index (χ0) is 22.0. The Kier molecular flexibility index (Phi) is 5.66. The molecule has 7 heteroatoms. The molecule has 0 aliphatic heterocycles. The fourth-order valence-electron chi connectivity index (χ4n) is 3.62. The van der Waals surface area contributed by atoms with Crippen LogP contribution in [0, 0.1) is 6.92 Å². The molecule has 0 bridgehead atoms. The molecule has 0 spiro atoms. The number of nitrogens with zero attached hydrogens (tertiary/aromatic N) is 4. The van der Waals surface area contributed by atoms with Crippen LogP contribution in [0.1, 0.15) is 30.7 Å². The molecule has 7 nitrogen and oxygen atoms in total.